The molecule has 0 N–H and O–H groups in total. The molecule has 0 bridgehead atoms. The predicted molar refractivity (Wildman–Crippen MR) is 66.9 cm³/mol. The van der Waals surface area contributed by atoms with E-state index in [1.165, 1.54) is 34.7 Å². The van der Waals surface area contributed by atoms with E-state index in [-0.39, 0.29) is 19.5 Å². The van der Waals surface area contributed by atoms with Gasteiger partial charge in [-0.25, -0.2) is 0 Å². The van der Waals surface area contributed by atoms with Crippen molar-refractivity contribution in [2.75, 3.05) is 5.88 Å². The van der Waals surface area contributed by atoms with Gasteiger partial charge in [0, 0.05) is 13.6 Å². The first-order chi connectivity index (χ1) is 7.29. The molecule has 0 atom stereocenters. The topological polar surface area (TPSA) is 17.1 Å². The van der Waals surface area contributed by atoms with Crippen molar-refractivity contribution in [3.8, 4) is 0 Å². The van der Waals surface area contributed by atoms with Gasteiger partial charge < -0.3 is 0 Å². The first-order valence-corrected chi connectivity index (χ1v) is 6.34. The van der Waals surface area contributed by atoms with Crippen molar-refractivity contribution in [2.45, 2.75) is 6.18 Å². The van der Waals surface area contributed by atoms with E-state index < -0.39 is 17.5 Å². The van der Waals surface area contributed by atoms with Gasteiger partial charge >= 0.3 is 6.18 Å². The molecule has 0 radical (unpaired) electrons. The molecule has 1 aromatic rings. The second-order valence-corrected chi connectivity index (χ2v) is 5.04. The molecule has 0 heterocycles. The van der Waals surface area contributed by atoms with E-state index in [0.29, 0.717) is 0 Å². The van der Waals surface area contributed by atoms with E-state index in [9.17, 15) is 18.0 Å². The summed E-state index contributed by atoms with van der Waals surface area (Å²) in [5, 5.41) is 0. The van der Waals surface area contributed by atoms with Crippen LogP contribution in [0.4, 0.5) is 13.2 Å². The molecule has 0 aliphatic carbocycles. The predicted octanol–water partition coefficient (Wildman–Crippen LogP) is 4.49. The van der Waals surface area contributed by atoms with Crippen LogP contribution in [0.5, 0.6) is 0 Å². The van der Waals surface area contributed by atoms with Gasteiger partial charge in [-0.2, -0.15) is 13.2 Å². The lowest BCUT2D eigenvalue weighted by Gasteiger charge is -2.13. The van der Waals surface area contributed by atoms with Crippen LogP contribution < -0.4 is 0 Å². The molecule has 0 amide bonds. The van der Waals surface area contributed by atoms with Crippen molar-refractivity contribution in [3.63, 3.8) is 0 Å². The number of alkyl halides is 4. The third-order valence-electron chi connectivity index (χ3n) is 1.80. The normalized spacial score (nSPS) is 11.6. The Hall–Kier alpha value is 0.180. The standard InChI is InChI=1S/C9H4BrClF3IO/c10-5-2-1-4(6(16)3-11)8(15)7(5)9(12,13)14/h1-2H,3H2. The molecular formula is C9H4BrClF3IO. The van der Waals surface area contributed by atoms with Crippen LogP contribution >= 0.6 is 50.1 Å². The molecule has 1 aromatic carbocycles. The molecule has 0 saturated carbocycles. The highest BCUT2D eigenvalue weighted by molar-refractivity contribution is 14.1. The van der Waals surface area contributed by atoms with Crippen molar-refractivity contribution in [1.29, 1.82) is 0 Å². The summed E-state index contributed by atoms with van der Waals surface area (Å²) >= 11 is 9.64. The zero-order valence-corrected chi connectivity index (χ0v) is 12.0. The van der Waals surface area contributed by atoms with Crippen LogP contribution in [0.25, 0.3) is 0 Å². The van der Waals surface area contributed by atoms with Crippen molar-refractivity contribution < 1.29 is 18.0 Å². The minimum Gasteiger partial charge on any atom is -0.293 e. The van der Waals surface area contributed by atoms with Crippen molar-refractivity contribution in [2.24, 2.45) is 0 Å². The molecule has 0 aromatic heterocycles. The summed E-state index contributed by atoms with van der Waals surface area (Å²) in [6.07, 6.45) is -4.50. The highest BCUT2D eigenvalue weighted by atomic mass is 127. The van der Waals surface area contributed by atoms with Gasteiger partial charge in [-0.1, -0.05) is 15.9 Å². The summed E-state index contributed by atoms with van der Waals surface area (Å²) in [5.41, 5.74) is -0.852. The first kappa shape index (κ1) is 14.2. The van der Waals surface area contributed by atoms with Crippen LogP contribution in [0.1, 0.15) is 15.9 Å². The van der Waals surface area contributed by atoms with Gasteiger partial charge in [0.1, 0.15) is 0 Å². The Kier molecular flexibility index (Phi) is 4.65. The van der Waals surface area contributed by atoms with Crippen LogP contribution in [0.15, 0.2) is 16.6 Å². The lowest BCUT2D eigenvalue weighted by Crippen LogP contribution is -2.13. The fourth-order valence-electron chi connectivity index (χ4n) is 1.10. The van der Waals surface area contributed by atoms with Crippen molar-refractivity contribution in [3.05, 3.63) is 31.3 Å². The Labute approximate surface area is 117 Å². The maximum atomic E-state index is 12.7. The summed E-state index contributed by atoms with van der Waals surface area (Å²) in [7, 11) is 0. The van der Waals surface area contributed by atoms with E-state index >= 15 is 0 Å². The zero-order chi connectivity index (χ0) is 12.5. The molecule has 0 aliphatic rings. The smallest absolute Gasteiger partial charge is 0.293 e. The fourth-order valence-corrected chi connectivity index (χ4v) is 3.25. The molecule has 0 aliphatic heterocycles. The summed E-state index contributed by atoms with van der Waals surface area (Å²) in [6.45, 7) is 0. The average molecular weight is 427 g/mol. The molecule has 0 spiro atoms. The van der Waals surface area contributed by atoms with E-state index in [4.69, 9.17) is 11.6 Å². The van der Waals surface area contributed by atoms with Gasteiger partial charge in [-0.3, -0.25) is 4.79 Å². The van der Waals surface area contributed by atoms with Crippen LogP contribution in [-0.2, 0) is 6.18 Å². The quantitative estimate of drug-likeness (QED) is 0.386. The van der Waals surface area contributed by atoms with Gasteiger partial charge in [-0.15, -0.1) is 11.6 Å². The van der Waals surface area contributed by atoms with Gasteiger partial charge in [-0.05, 0) is 34.7 Å². The molecule has 88 valence electrons. The van der Waals surface area contributed by atoms with Crippen LogP contribution in [-0.4, -0.2) is 11.7 Å². The van der Waals surface area contributed by atoms with Gasteiger partial charge in [0.25, 0.3) is 0 Å². The average Bonchev–Trinajstić information content (AvgIpc) is 2.14. The summed E-state index contributed by atoms with van der Waals surface area (Å²) < 4.78 is 37.8. The maximum absolute atomic E-state index is 12.7. The third kappa shape index (κ3) is 2.89. The van der Waals surface area contributed by atoms with Crippen molar-refractivity contribution >= 4 is 55.9 Å². The number of carbonyl (C=O) groups excluding carboxylic acids is 1. The number of hydrogen-bond donors (Lipinski definition) is 0. The molecule has 16 heavy (non-hydrogen) atoms. The molecule has 1 rings (SSSR count). The Balaban J connectivity index is 3.45. The second kappa shape index (κ2) is 5.22. The van der Waals surface area contributed by atoms with E-state index in [2.05, 4.69) is 15.9 Å². The van der Waals surface area contributed by atoms with E-state index in [0.717, 1.165) is 0 Å². The fraction of sp³-hybridized carbons (Fsp3) is 0.222. The second-order valence-electron chi connectivity index (χ2n) is 2.84. The molecule has 1 nitrogen and oxygen atoms in total. The van der Waals surface area contributed by atoms with Crippen LogP contribution in [0.3, 0.4) is 0 Å². The molecular weight excluding hydrogens is 423 g/mol. The monoisotopic (exact) mass is 426 g/mol. The Morgan fingerprint density at radius 3 is 2.44 bits per heavy atom. The van der Waals surface area contributed by atoms with Gasteiger partial charge in [0.2, 0.25) is 0 Å². The number of rotatable bonds is 2. The minimum atomic E-state index is -4.50. The van der Waals surface area contributed by atoms with E-state index in [1.54, 1.807) is 0 Å². The Morgan fingerprint density at radius 2 is 2.00 bits per heavy atom. The lowest BCUT2D eigenvalue weighted by molar-refractivity contribution is -0.138. The van der Waals surface area contributed by atoms with Crippen LogP contribution in [0, 0.1) is 3.57 Å². The highest BCUT2D eigenvalue weighted by Gasteiger charge is 2.36. The molecule has 0 unspecified atom stereocenters. The zero-order valence-electron chi connectivity index (χ0n) is 7.54. The molecule has 0 fully saturated rings. The third-order valence-corrected chi connectivity index (χ3v) is 3.82. The highest BCUT2D eigenvalue weighted by Crippen LogP contribution is 2.39. The van der Waals surface area contributed by atoms with Crippen molar-refractivity contribution in [1.82, 2.24) is 0 Å². The summed E-state index contributed by atoms with van der Waals surface area (Å²) in [6, 6.07) is 2.52. The number of hydrogen-bond acceptors (Lipinski definition) is 1. The number of benzene rings is 1. The Morgan fingerprint density at radius 1 is 1.44 bits per heavy atom. The maximum Gasteiger partial charge on any atom is 0.418 e. The lowest BCUT2D eigenvalue weighted by atomic mass is 10.1. The van der Waals surface area contributed by atoms with Crippen LogP contribution in [0.2, 0.25) is 0 Å². The van der Waals surface area contributed by atoms with E-state index in [1.807, 2.05) is 0 Å². The van der Waals surface area contributed by atoms with Gasteiger partial charge in [0.15, 0.2) is 5.78 Å². The Bertz CT molecular complexity index is 433. The largest absolute Gasteiger partial charge is 0.418 e. The number of carbonyl (C=O) groups is 1. The molecule has 7 heteroatoms. The minimum absolute atomic E-state index is 0.00822. The number of ketones is 1. The number of halogens is 6. The summed E-state index contributed by atoms with van der Waals surface area (Å²) in [4.78, 5) is 11.3. The molecule has 0 saturated heterocycles. The summed E-state index contributed by atoms with van der Waals surface area (Å²) in [5.74, 6) is -0.862. The van der Waals surface area contributed by atoms with Gasteiger partial charge in [0.05, 0.1) is 11.4 Å². The SMILES string of the molecule is O=C(CCl)c1ccc(Br)c(C(F)(F)F)c1I. The number of Topliss-reactive ketones (excluding diaryl/α,β-unsaturated/α-hetero) is 1. The first-order valence-electron chi connectivity index (χ1n) is 3.93.